The van der Waals surface area contributed by atoms with Gasteiger partial charge in [-0.15, -0.1) is 5.06 Å². The van der Waals surface area contributed by atoms with Gasteiger partial charge in [0.1, 0.15) is 6.29 Å². The fourth-order valence-electron chi connectivity index (χ4n) is 1.28. The Bertz CT molecular complexity index is 182. The van der Waals surface area contributed by atoms with Gasteiger partial charge in [0.05, 0.1) is 0 Å². The van der Waals surface area contributed by atoms with Crippen LogP contribution >= 0.6 is 0 Å². The number of carbonyl (C=O) groups is 2. The molecule has 0 spiro atoms. The van der Waals surface area contributed by atoms with Gasteiger partial charge >= 0.3 is 6.16 Å². The van der Waals surface area contributed by atoms with Crippen molar-refractivity contribution < 1.29 is 19.5 Å². The molecule has 1 N–H and O–H groups in total. The molecule has 1 heterocycles. The van der Waals surface area contributed by atoms with Gasteiger partial charge in [-0.05, 0) is 12.8 Å². The largest absolute Gasteiger partial charge is 0.525 e. The molecule has 5 heteroatoms. The van der Waals surface area contributed by atoms with Crippen molar-refractivity contribution in [1.29, 1.82) is 0 Å². The van der Waals surface area contributed by atoms with Gasteiger partial charge in [0.2, 0.25) is 0 Å². The second-order valence-corrected chi connectivity index (χ2v) is 2.78. The molecule has 0 aromatic heterocycles. The zero-order valence-electron chi connectivity index (χ0n) is 6.60. The monoisotopic (exact) mass is 173 g/mol. The second kappa shape index (κ2) is 4.06. The molecule has 1 fully saturated rings. The smallest absolute Gasteiger partial charge is 0.448 e. The van der Waals surface area contributed by atoms with Crippen LogP contribution < -0.4 is 0 Å². The van der Waals surface area contributed by atoms with Gasteiger partial charge in [0.15, 0.2) is 0 Å². The van der Waals surface area contributed by atoms with Crippen LogP contribution in [0.3, 0.4) is 0 Å². The van der Waals surface area contributed by atoms with E-state index in [1.165, 1.54) is 5.06 Å². The Morgan fingerprint density at radius 1 is 1.67 bits per heavy atom. The third-order valence-electron chi connectivity index (χ3n) is 1.82. The number of carbonyl (C=O) groups excluding carboxylic acids is 1. The van der Waals surface area contributed by atoms with Gasteiger partial charge < -0.3 is 14.7 Å². The first-order chi connectivity index (χ1) is 5.72. The molecule has 0 aromatic rings. The van der Waals surface area contributed by atoms with Crippen LogP contribution in [0.5, 0.6) is 0 Å². The van der Waals surface area contributed by atoms with E-state index < -0.39 is 6.16 Å². The Hall–Kier alpha value is -1.10. The average Bonchev–Trinajstić information content (AvgIpc) is 2.03. The summed E-state index contributed by atoms with van der Waals surface area (Å²) in [6.07, 6.45) is 1.15. The SMILES string of the molecule is O=CC1CCCN(OC(=O)O)C1. The van der Waals surface area contributed by atoms with Crippen LogP contribution in [-0.2, 0) is 9.63 Å². The minimum Gasteiger partial charge on any atom is -0.448 e. The van der Waals surface area contributed by atoms with Crippen LogP contribution in [-0.4, -0.2) is 35.7 Å². The molecule has 68 valence electrons. The lowest BCUT2D eigenvalue weighted by atomic mass is 10.0. The van der Waals surface area contributed by atoms with Crippen LogP contribution in [0.2, 0.25) is 0 Å². The molecule has 1 aliphatic heterocycles. The predicted molar refractivity (Wildman–Crippen MR) is 39.5 cm³/mol. The standard InChI is InChI=1S/C7H11NO4/c9-5-6-2-1-3-8(4-6)12-7(10)11/h5-6H,1-4H2,(H,10,11). The van der Waals surface area contributed by atoms with Crippen molar-refractivity contribution in [2.24, 2.45) is 5.92 Å². The molecule has 1 saturated heterocycles. The number of carboxylic acid groups (broad SMARTS) is 1. The van der Waals surface area contributed by atoms with Crippen LogP contribution in [0.1, 0.15) is 12.8 Å². The van der Waals surface area contributed by atoms with E-state index >= 15 is 0 Å². The molecule has 0 bridgehead atoms. The van der Waals surface area contributed by atoms with Crippen molar-refractivity contribution in [3.63, 3.8) is 0 Å². The van der Waals surface area contributed by atoms with Gasteiger partial charge in [0, 0.05) is 19.0 Å². The second-order valence-electron chi connectivity index (χ2n) is 2.78. The van der Waals surface area contributed by atoms with Crippen molar-refractivity contribution in [1.82, 2.24) is 5.06 Å². The minimum absolute atomic E-state index is 0.0851. The quantitative estimate of drug-likeness (QED) is 0.616. The summed E-state index contributed by atoms with van der Waals surface area (Å²) in [4.78, 5) is 24.9. The van der Waals surface area contributed by atoms with Crippen LogP contribution in [0.4, 0.5) is 4.79 Å². The van der Waals surface area contributed by atoms with Crippen LogP contribution in [0.25, 0.3) is 0 Å². The van der Waals surface area contributed by atoms with E-state index in [-0.39, 0.29) is 5.92 Å². The van der Waals surface area contributed by atoms with E-state index in [0.717, 1.165) is 19.1 Å². The predicted octanol–water partition coefficient (Wildman–Crippen LogP) is 0.507. The first-order valence-electron chi connectivity index (χ1n) is 3.83. The number of hydrogen-bond donors (Lipinski definition) is 1. The van der Waals surface area contributed by atoms with Crippen molar-refractivity contribution in [2.75, 3.05) is 13.1 Å². The Balaban J connectivity index is 2.35. The van der Waals surface area contributed by atoms with E-state index in [2.05, 4.69) is 4.84 Å². The van der Waals surface area contributed by atoms with Crippen LogP contribution in [0, 0.1) is 5.92 Å². The molecular formula is C7H11NO4. The highest BCUT2D eigenvalue weighted by Crippen LogP contribution is 2.14. The van der Waals surface area contributed by atoms with E-state index in [1.807, 2.05) is 0 Å². The molecule has 1 unspecified atom stereocenters. The highest BCUT2D eigenvalue weighted by Gasteiger charge is 2.21. The topological polar surface area (TPSA) is 66.8 Å². The Kier molecular flexibility index (Phi) is 3.04. The lowest BCUT2D eigenvalue weighted by Gasteiger charge is -2.26. The average molecular weight is 173 g/mol. The van der Waals surface area contributed by atoms with E-state index in [9.17, 15) is 9.59 Å². The van der Waals surface area contributed by atoms with Crippen molar-refractivity contribution in [3.05, 3.63) is 0 Å². The molecule has 12 heavy (non-hydrogen) atoms. The minimum atomic E-state index is -1.32. The summed E-state index contributed by atoms with van der Waals surface area (Å²) >= 11 is 0. The number of nitrogens with zero attached hydrogens (tertiary/aromatic N) is 1. The highest BCUT2D eigenvalue weighted by atomic mass is 16.8. The van der Waals surface area contributed by atoms with E-state index in [4.69, 9.17) is 5.11 Å². The van der Waals surface area contributed by atoms with E-state index in [1.54, 1.807) is 0 Å². The molecule has 0 amide bonds. The fraction of sp³-hybridized carbons (Fsp3) is 0.714. The molecule has 1 aliphatic rings. The normalized spacial score (nSPS) is 24.8. The van der Waals surface area contributed by atoms with Gasteiger partial charge in [-0.3, -0.25) is 0 Å². The molecule has 0 radical (unpaired) electrons. The number of piperidine rings is 1. The third-order valence-corrected chi connectivity index (χ3v) is 1.82. The molecule has 1 atom stereocenters. The summed E-state index contributed by atoms with van der Waals surface area (Å²) in [5.41, 5.74) is 0. The molecule has 0 saturated carbocycles. The maximum Gasteiger partial charge on any atom is 0.525 e. The first-order valence-corrected chi connectivity index (χ1v) is 3.83. The number of hydroxylamine groups is 2. The zero-order valence-corrected chi connectivity index (χ0v) is 6.60. The molecular weight excluding hydrogens is 162 g/mol. The van der Waals surface area contributed by atoms with Crippen molar-refractivity contribution in [3.8, 4) is 0 Å². The summed E-state index contributed by atoms with van der Waals surface area (Å²) in [6.45, 7) is 0.965. The summed E-state index contributed by atoms with van der Waals surface area (Å²) in [7, 11) is 0. The summed E-state index contributed by atoms with van der Waals surface area (Å²) < 4.78 is 0. The van der Waals surface area contributed by atoms with E-state index in [0.29, 0.717) is 13.1 Å². The number of hydrogen-bond acceptors (Lipinski definition) is 4. The Labute approximate surface area is 69.9 Å². The van der Waals surface area contributed by atoms with Gasteiger partial charge in [-0.2, -0.15) is 0 Å². The maximum absolute atomic E-state index is 10.4. The molecule has 0 aliphatic carbocycles. The van der Waals surface area contributed by atoms with Crippen molar-refractivity contribution in [2.45, 2.75) is 12.8 Å². The highest BCUT2D eigenvalue weighted by molar-refractivity contribution is 5.56. The number of aldehydes is 1. The zero-order chi connectivity index (χ0) is 8.97. The maximum atomic E-state index is 10.4. The number of rotatable bonds is 2. The van der Waals surface area contributed by atoms with Gasteiger partial charge in [-0.25, -0.2) is 4.79 Å². The Morgan fingerprint density at radius 2 is 2.42 bits per heavy atom. The summed E-state index contributed by atoms with van der Waals surface area (Å²) in [6, 6.07) is 0. The van der Waals surface area contributed by atoms with Gasteiger partial charge in [0.25, 0.3) is 0 Å². The first kappa shape index (κ1) is 8.99. The molecule has 0 aromatic carbocycles. The lowest BCUT2D eigenvalue weighted by Crippen LogP contribution is -2.37. The summed E-state index contributed by atoms with van der Waals surface area (Å²) in [5.74, 6) is -0.0851. The van der Waals surface area contributed by atoms with Crippen molar-refractivity contribution >= 4 is 12.4 Å². The van der Waals surface area contributed by atoms with Crippen LogP contribution in [0.15, 0.2) is 0 Å². The lowest BCUT2D eigenvalue weighted by molar-refractivity contribution is -0.145. The Morgan fingerprint density at radius 3 is 3.00 bits per heavy atom. The summed E-state index contributed by atoms with van der Waals surface area (Å²) in [5, 5.41) is 9.58. The van der Waals surface area contributed by atoms with Gasteiger partial charge in [-0.1, -0.05) is 0 Å². The fourth-order valence-corrected chi connectivity index (χ4v) is 1.28. The molecule has 1 rings (SSSR count). The molecule has 5 nitrogen and oxygen atoms in total. The third kappa shape index (κ3) is 2.50.